The number of likely N-dealkylation sites (tertiary alicyclic amines) is 1. The monoisotopic (exact) mass is 493 g/mol. The first kappa shape index (κ1) is 22.4. The summed E-state index contributed by atoms with van der Waals surface area (Å²) in [6.07, 6.45) is 9.88. The maximum Gasteiger partial charge on any atom is 0.137 e. The maximum atomic E-state index is 4.77. The SMILES string of the molecule is CN1CCC(Nc2ncnc3ccc(-c4c[nH]c5ncc(-c6cnn7c6CN(C)CC7)cc45)cc23)CC1. The molecule has 37 heavy (non-hydrogen) atoms. The van der Waals surface area contributed by atoms with Gasteiger partial charge in [0.25, 0.3) is 0 Å². The normalized spacial score (nSPS) is 17.5. The Hall–Kier alpha value is -3.82. The summed E-state index contributed by atoms with van der Waals surface area (Å²) in [5.41, 5.74) is 7.58. The molecule has 2 aliphatic rings. The average Bonchev–Trinajstić information content (AvgIpc) is 3.53. The van der Waals surface area contributed by atoms with Gasteiger partial charge in [-0.05, 0) is 63.8 Å². The molecular formula is C28H31N9. The van der Waals surface area contributed by atoms with Gasteiger partial charge < -0.3 is 15.2 Å². The first-order chi connectivity index (χ1) is 18.1. The molecule has 0 unspecified atom stereocenters. The van der Waals surface area contributed by atoms with E-state index >= 15 is 0 Å². The minimum atomic E-state index is 0.429. The smallest absolute Gasteiger partial charge is 0.137 e. The second-order valence-corrected chi connectivity index (χ2v) is 10.5. The zero-order valence-corrected chi connectivity index (χ0v) is 21.3. The Bertz CT molecular complexity index is 1590. The Labute approximate surface area is 215 Å². The predicted octanol–water partition coefficient (Wildman–Crippen LogP) is 3.99. The number of anilines is 1. The van der Waals surface area contributed by atoms with Crippen molar-refractivity contribution in [2.75, 3.05) is 39.0 Å². The summed E-state index contributed by atoms with van der Waals surface area (Å²) in [5, 5.41) is 10.5. The molecule has 2 N–H and O–H groups in total. The second kappa shape index (κ2) is 8.93. The third-order valence-corrected chi connectivity index (χ3v) is 7.91. The number of aromatic nitrogens is 6. The lowest BCUT2D eigenvalue weighted by Crippen LogP contribution is -2.36. The van der Waals surface area contributed by atoms with Gasteiger partial charge in [0.15, 0.2) is 0 Å². The third-order valence-electron chi connectivity index (χ3n) is 7.91. The van der Waals surface area contributed by atoms with Crippen LogP contribution in [0.2, 0.25) is 0 Å². The van der Waals surface area contributed by atoms with Gasteiger partial charge in [-0.3, -0.25) is 9.58 Å². The van der Waals surface area contributed by atoms with Gasteiger partial charge in [0.1, 0.15) is 17.8 Å². The summed E-state index contributed by atoms with van der Waals surface area (Å²) < 4.78 is 2.12. The molecule has 0 atom stereocenters. The number of rotatable bonds is 4. The molecule has 9 nitrogen and oxygen atoms in total. The lowest BCUT2D eigenvalue weighted by atomic mass is 10.0. The van der Waals surface area contributed by atoms with Gasteiger partial charge in [0.2, 0.25) is 0 Å². The van der Waals surface area contributed by atoms with Crippen LogP contribution in [0.3, 0.4) is 0 Å². The number of piperidine rings is 1. The first-order valence-electron chi connectivity index (χ1n) is 13.0. The van der Waals surface area contributed by atoms with Crippen LogP contribution >= 0.6 is 0 Å². The summed E-state index contributed by atoms with van der Waals surface area (Å²) in [4.78, 5) is 22.0. The molecule has 1 saturated heterocycles. The van der Waals surface area contributed by atoms with Crippen LogP contribution in [0, 0.1) is 0 Å². The van der Waals surface area contributed by atoms with Crippen molar-refractivity contribution in [2.45, 2.75) is 32.0 Å². The Kier molecular flexibility index (Phi) is 5.40. The topological polar surface area (TPSA) is 90.8 Å². The van der Waals surface area contributed by atoms with Crippen molar-refractivity contribution in [3.05, 3.63) is 54.9 Å². The number of H-pyrrole nitrogens is 1. The number of pyridine rings is 1. The van der Waals surface area contributed by atoms with Crippen molar-refractivity contribution in [3.8, 4) is 22.3 Å². The van der Waals surface area contributed by atoms with Crippen LogP contribution in [0.4, 0.5) is 5.82 Å². The molecular weight excluding hydrogens is 462 g/mol. The van der Waals surface area contributed by atoms with Crippen LogP contribution in [0.1, 0.15) is 18.5 Å². The van der Waals surface area contributed by atoms with Gasteiger partial charge in [-0.15, -0.1) is 0 Å². The average molecular weight is 494 g/mol. The van der Waals surface area contributed by atoms with Crippen molar-refractivity contribution in [1.82, 2.24) is 39.5 Å². The van der Waals surface area contributed by atoms with Crippen LogP contribution in [0.25, 0.3) is 44.2 Å². The summed E-state index contributed by atoms with van der Waals surface area (Å²) in [5.74, 6) is 0.913. The molecule has 0 bridgehead atoms. The molecule has 1 aromatic carbocycles. The summed E-state index contributed by atoms with van der Waals surface area (Å²) >= 11 is 0. The zero-order chi connectivity index (χ0) is 24.9. The molecule has 0 spiro atoms. The highest BCUT2D eigenvalue weighted by Crippen LogP contribution is 2.35. The molecule has 0 amide bonds. The number of benzene rings is 1. The fourth-order valence-corrected chi connectivity index (χ4v) is 5.69. The largest absolute Gasteiger partial charge is 0.367 e. The quantitative estimate of drug-likeness (QED) is 0.391. The molecule has 2 aliphatic heterocycles. The molecule has 0 aliphatic carbocycles. The van der Waals surface area contributed by atoms with Crippen molar-refractivity contribution in [2.24, 2.45) is 0 Å². The fourth-order valence-electron chi connectivity index (χ4n) is 5.69. The lowest BCUT2D eigenvalue weighted by Gasteiger charge is -2.30. The summed E-state index contributed by atoms with van der Waals surface area (Å²) in [7, 11) is 4.34. The molecule has 0 saturated carbocycles. The highest BCUT2D eigenvalue weighted by molar-refractivity contribution is 5.99. The van der Waals surface area contributed by atoms with Gasteiger partial charge in [0.05, 0.1) is 24.0 Å². The summed E-state index contributed by atoms with van der Waals surface area (Å²) in [6.45, 7) is 5.05. The fraction of sp³-hybridized carbons (Fsp3) is 0.357. The minimum absolute atomic E-state index is 0.429. The van der Waals surface area contributed by atoms with Gasteiger partial charge in [-0.1, -0.05) is 6.07 Å². The molecule has 1 fully saturated rings. The highest BCUT2D eigenvalue weighted by Gasteiger charge is 2.21. The Morgan fingerprint density at radius 2 is 1.73 bits per heavy atom. The molecule has 5 aromatic rings. The predicted molar refractivity (Wildman–Crippen MR) is 146 cm³/mol. The maximum absolute atomic E-state index is 4.77. The standard InChI is InChI=1S/C28H31N9/c1-35-7-5-20(6-8-35)34-28-22-11-18(3-4-25(22)31-17-32-28)23-14-30-27-21(23)12-19(13-29-27)24-15-33-37-10-9-36(2)16-26(24)37/h3-4,11-15,17,20H,5-10,16H2,1-2H3,(H,29,30)(H,31,32,34). The van der Waals surface area contributed by atoms with Gasteiger partial charge in [-0.2, -0.15) is 5.10 Å². The van der Waals surface area contributed by atoms with Crippen LogP contribution in [0.15, 0.2) is 49.2 Å². The van der Waals surface area contributed by atoms with E-state index in [4.69, 9.17) is 4.98 Å². The molecule has 0 radical (unpaired) electrons. The van der Waals surface area contributed by atoms with Gasteiger partial charge in [0, 0.05) is 59.0 Å². The van der Waals surface area contributed by atoms with E-state index in [-0.39, 0.29) is 0 Å². The van der Waals surface area contributed by atoms with Crippen LogP contribution in [0.5, 0.6) is 0 Å². The lowest BCUT2D eigenvalue weighted by molar-refractivity contribution is 0.259. The number of hydrogen-bond acceptors (Lipinski definition) is 7. The van der Waals surface area contributed by atoms with Crippen molar-refractivity contribution >= 4 is 27.8 Å². The number of hydrogen-bond donors (Lipinski definition) is 2. The summed E-state index contributed by atoms with van der Waals surface area (Å²) in [6, 6.07) is 9.11. The number of fused-ring (bicyclic) bond motifs is 3. The van der Waals surface area contributed by atoms with E-state index in [0.717, 1.165) is 95.6 Å². The Morgan fingerprint density at radius 1 is 0.865 bits per heavy atom. The number of nitrogens with zero attached hydrogens (tertiary/aromatic N) is 7. The molecule has 4 aromatic heterocycles. The Morgan fingerprint density at radius 3 is 2.62 bits per heavy atom. The van der Waals surface area contributed by atoms with Crippen molar-refractivity contribution < 1.29 is 0 Å². The van der Waals surface area contributed by atoms with E-state index in [9.17, 15) is 0 Å². The van der Waals surface area contributed by atoms with E-state index in [2.05, 4.69) is 84.4 Å². The number of nitrogens with one attached hydrogen (secondary N) is 2. The van der Waals surface area contributed by atoms with E-state index in [1.165, 1.54) is 5.69 Å². The van der Waals surface area contributed by atoms with Gasteiger partial charge in [-0.25, -0.2) is 15.0 Å². The number of likely N-dealkylation sites (N-methyl/N-ethyl adjacent to an activating group) is 1. The van der Waals surface area contributed by atoms with Crippen molar-refractivity contribution in [1.29, 1.82) is 0 Å². The van der Waals surface area contributed by atoms with Gasteiger partial charge >= 0.3 is 0 Å². The minimum Gasteiger partial charge on any atom is -0.367 e. The highest BCUT2D eigenvalue weighted by atomic mass is 15.3. The first-order valence-corrected chi connectivity index (χ1v) is 13.0. The van der Waals surface area contributed by atoms with E-state index in [1.54, 1.807) is 6.33 Å². The van der Waals surface area contributed by atoms with E-state index in [0.29, 0.717) is 6.04 Å². The van der Waals surface area contributed by atoms with E-state index in [1.807, 2.05) is 12.4 Å². The molecule has 7 rings (SSSR count). The Balaban J connectivity index is 1.27. The third kappa shape index (κ3) is 4.04. The molecule has 188 valence electrons. The van der Waals surface area contributed by atoms with Crippen LogP contribution in [-0.4, -0.2) is 79.3 Å². The number of aromatic amines is 1. The van der Waals surface area contributed by atoms with Crippen molar-refractivity contribution in [3.63, 3.8) is 0 Å². The van der Waals surface area contributed by atoms with E-state index < -0.39 is 0 Å². The van der Waals surface area contributed by atoms with Crippen LogP contribution in [-0.2, 0) is 13.1 Å². The van der Waals surface area contributed by atoms with Crippen LogP contribution < -0.4 is 5.32 Å². The second-order valence-electron chi connectivity index (χ2n) is 10.5. The zero-order valence-electron chi connectivity index (χ0n) is 21.3. The molecule has 6 heterocycles. The molecule has 9 heteroatoms.